The van der Waals surface area contributed by atoms with Gasteiger partial charge in [-0.25, -0.2) is 4.79 Å². The molecule has 2 aromatic carbocycles. The summed E-state index contributed by atoms with van der Waals surface area (Å²) < 4.78 is 11.0. The van der Waals surface area contributed by atoms with E-state index in [1.807, 2.05) is 18.2 Å². The standard InChI is InChI=1S/C17H16Cl2N2O3/c18-12-2-1-3-13(19)16(12)21-17(22)20-7-6-11-4-5-14-15(10-11)24-9-8-23-14/h1-5,10H,6-9H2,(H2,20,21,22). The Bertz CT molecular complexity index is 732. The van der Waals surface area contributed by atoms with Crippen LogP contribution in [0.15, 0.2) is 36.4 Å². The molecule has 0 aliphatic carbocycles. The molecule has 24 heavy (non-hydrogen) atoms. The van der Waals surface area contributed by atoms with Gasteiger partial charge in [-0.15, -0.1) is 0 Å². The van der Waals surface area contributed by atoms with Crippen molar-refractivity contribution in [1.29, 1.82) is 0 Å². The molecule has 5 nitrogen and oxygen atoms in total. The van der Waals surface area contributed by atoms with Gasteiger partial charge in [0, 0.05) is 6.54 Å². The Morgan fingerprint density at radius 3 is 2.50 bits per heavy atom. The normalized spacial score (nSPS) is 12.6. The molecule has 0 aromatic heterocycles. The first-order valence-corrected chi connectivity index (χ1v) is 8.26. The number of hydrogen-bond donors (Lipinski definition) is 2. The summed E-state index contributed by atoms with van der Waals surface area (Å²) in [5.74, 6) is 1.50. The molecular weight excluding hydrogens is 351 g/mol. The number of urea groups is 1. The highest BCUT2D eigenvalue weighted by molar-refractivity contribution is 6.39. The molecule has 2 amide bonds. The average Bonchev–Trinajstić information content (AvgIpc) is 2.58. The fraction of sp³-hybridized carbons (Fsp3) is 0.235. The number of carbonyl (C=O) groups is 1. The van der Waals surface area contributed by atoms with Gasteiger partial charge in [0.25, 0.3) is 0 Å². The summed E-state index contributed by atoms with van der Waals surface area (Å²) in [6.45, 7) is 1.59. The van der Waals surface area contributed by atoms with E-state index in [4.69, 9.17) is 32.7 Å². The van der Waals surface area contributed by atoms with Gasteiger partial charge in [-0.3, -0.25) is 0 Å². The van der Waals surface area contributed by atoms with Gasteiger partial charge in [-0.05, 0) is 36.2 Å². The number of rotatable bonds is 4. The van der Waals surface area contributed by atoms with E-state index in [1.165, 1.54) is 0 Å². The van der Waals surface area contributed by atoms with Crippen molar-refractivity contribution in [2.45, 2.75) is 6.42 Å². The van der Waals surface area contributed by atoms with Gasteiger partial charge < -0.3 is 20.1 Å². The first kappa shape index (κ1) is 16.7. The Labute approximate surface area is 149 Å². The topological polar surface area (TPSA) is 59.6 Å². The van der Waals surface area contributed by atoms with Crippen LogP contribution in [0.25, 0.3) is 0 Å². The number of para-hydroxylation sites is 1. The molecule has 0 saturated heterocycles. The number of fused-ring (bicyclic) bond motifs is 1. The minimum absolute atomic E-state index is 0.359. The van der Waals surface area contributed by atoms with Crippen LogP contribution in [0.3, 0.4) is 0 Å². The minimum Gasteiger partial charge on any atom is -0.486 e. The molecule has 7 heteroatoms. The van der Waals surface area contributed by atoms with E-state index in [0.29, 0.717) is 41.9 Å². The summed E-state index contributed by atoms with van der Waals surface area (Å²) in [4.78, 5) is 12.0. The largest absolute Gasteiger partial charge is 0.486 e. The predicted octanol–water partition coefficient (Wildman–Crippen LogP) is 4.13. The summed E-state index contributed by atoms with van der Waals surface area (Å²) in [7, 11) is 0. The fourth-order valence-electron chi connectivity index (χ4n) is 2.34. The van der Waals surface area contributed by atoms with Crippen LogP contribution in [0.2, 0.25) is 10.0 Å². The van der Waals surface area contributed by atoms with Crippen molar-refractivity contribution in [3.05, 3.63) is 52.0 Å². The maximum atomic E-state index is 12.0. The lowest BCUT2D eigenvalue weighted by atomic mass is 10.1. The third kappa shape index (κ3) is 4.04. The van der Waals surface area contributed by atoms with E-state index in [1.54, 1.807) is 18.2 Å². The van der Waals surface area contributed by atoms with E-state index in [-0.39, 0.29) is 6.03 Å². The number of carbonyl (C=O) groups excluding carboxylic acids is 1. The molecule has 0 fully saturated rings. The highest BCUT2D eigenvalue weighted by atomic mass is 35.5. The molecule has 1 aliphatic heterocycles. The Kier molecular flexibility index (Phi) is 5.33. The van der Waals surface area contributed by atoms with Crippen LogP contribution in [0.1, 0.15) is 5.56 Å². The Balaban J connectivity index is 1.52. The van der Waals surface area contributed by atoms with Crippen molar-refractivity contribution < 1.29 is 14.3 Å². The molecule has 2 N–H and O–H groups in total. The number of halogens is 2. The van der Waals surface area contributed by atoms with Crippen LogP contribution in [0, 0.1) is 0 Å². The van der Waals surface area contributed by atoms with E-state index in [0.717, 1.165) is 17.1 Å². The summed E-state index contributed by atoms with van der Waals surface area (Å²) in [6, 6.07) is 10.5. The van der Waals surface area contributed by atoms with Gasteiger partial charge in [0.15, 0.2) is 11.5 Å². The lowest BCUT2D eigenvalue weighted by molar-refractivity contribution is 0.171. The van der Waals surface area contributed by atoms with Crippen LogP contribution in [0.5, 0.6) is 11.5 Å². The smallest absolute Gasteiger partial charge is 0.319 e. The van der Waals surface area contributed by atoms with Gasteiger partial charge in [0.2, 0.25) is 0 Å². The molecule has 2 aromatic rings. The number of nitrogens with one attached hydrogen (secondary N) is 2. The second kappa shape index (κ2) is 7.64. The molecule has 0 spiro atoms. The third-order valence-electron chi connectivity index (χ3n) is 3.51. The third-order valence-corrected chi connectivity index (χ3v) is 4.14. The zero-order valence-corrected chi connectivity index (χ0v) is 14.3. The van der Waals surface area contributed by atoms with Crippen LogP contribution in [-0.2, 0) is 6.42 Å². The molecule has 0 radical (unpaired) electrons. The van der Waals surface area contributed by atoms with E-state index in [9.17, 15) is 4.79 Å². The summed E-state index contributed by atoms with van der Waals surface area (Å²) in [6.07, 6.45) is 0.667. The lowest BCUT2D eigenvalue weighted by Crippen LogP contribution is -2.30. The number of anilines is 1. The average molecular weight is 367 g/mol. The summed E-state index contributed by atoms with van der Waals surface area (Å²) in [5, 5.41) is 6.22. The first-order chi connectivity index (χ1) is 11.6. The molecule has 1 aliphatic rings. The van der Waals surface area contributed by atoms with Gasteiger partial charge in [-0.2, -0.15) is 0 Å². The van der Waals surface area contributed by atoms with Crippen LogP contribution in [-0.4, -0.2) is 25.8 Å². The fourth-order valence-corrected chi connectivity index (χ4v) is 2.83. The van der Waals surface area contributed by atoms with Crippen molar-refractivity contribution in [3.63, 3.8) is 0 Å². The van der Waals surface area contributed by atoms with Crippen LogP contribution >= 0.6 is 23.2 Å². The number of hydrogen-bond acceptors (Lipinski definition) is 3. The van der Waals surface area contributed by atoms with Crippen molar-refractivity contribution in [2.75, 3.05) is 25.1 Å². The minimum atomic E-state index is -0.359. The van der Waals surface area contributed by atoms with Gasteiger partial charge >= 0.3 is 6.03 Å². The Morgan fingerprint density at radius 2 is 1.75 bits per heavy atom. The monoisotopic (exact) mass is 366 g/mol. The Hall–Kier alpha value is -2.11. The maximum Gasteiger partial charge on any atom is 0.319 e. The SMILES string of the molecule is O=C(NCCc1ccc2c(c1)OCCO2)Nc1c(Cl)cccc1Cl. The number of benzene rings is 2. The van der Waals surface area contributed by atoms with Gasteiger partial charge in [0.05, 0.1) is 15.7 Å². The molecule has 0 atom stereocenters. The zero-order chi connectivity index (χ0) is 16.9. The predicted molar refractivity (Wildman–Crippen MR) is 94.6 cm³/mol. The quantitative estimate of drug-likeness (QED) is 0.854. The molecule has 0 saturated carbocycles. The van der Waals surface area contributed by atoms with Crippen molar-refractivity contribution >= 4 is 34.9 Å². The lowest BCUT2D eigenvalue weighted by Gasteiger charge is -2.19. The number of ether oxygens (including phenoxy) is 2. The van der Waals surface area contributed by atoms with Gasteiger partial charge in [-0.1, -0.05) is 35.3 Å². The molecule has 1 heterocycles. The highest BCUT2D eigenvalue weighted by Crippen LogP contribution is 2.31. The molecule has 0 unspecified atom stereocenters. The highest BCUT2D eigenvalue weighted by Gasteiger charge is 2.12. The Morgan fingerprint density at radius 1 is 1.04 bits per heavy atom. The summed E-state index contributed by atoms with van der Waals surface area (Å²) in [5.41, 5.74) is 1.45. The van der Waals surface area contributed by atoms with Gasteiger partial charge in [0.1, 0.15) is 13.2 Å². The van der Waals surface area contributed by atoms with E-state index in [2.05, 4.69) is 10.6 Å². The van der Waals surface area contributed by atoms with E-state index < -0.39 is 0 Å². The van der Waals surface area contributed by atoms with Crippen LogP contribution < -0.4 is 20.1 Å². The maximum absolute atomic E-state index is 12.0. The first-order valence-electron chi connectivity index (χ1n) is 7.51. The van der Waals surface area contributed by atoms with Crippen molar-refractivity contribution in [3.8, 4) is 11.5 Å². The molecule has 0 bridgehead atoms. The zero-order valence-electron chi connectivity index (χ0n) is 12.8. The number of amides is 2. The molecular formula is C17H16Cl2N2O3. The van der Waals surface area contributed by atoms with E-state index >= 15 is 0 Å². The molecule has 3 rings (SSSR count). The molecule has 126 valence electrons. The summed E-state index contributed by atoms with van der Waals surface area (Å²) >= 11 is 12.0. The van der Waals surface area contributed by atoms with Crippen LogP contribution in [0.4, 0.5) is 10.5 Å². The second-order valence-corrected chi connectivity index (χ2v) is 6.02. The van der Waals surface area contributed by atoms with Crippen molar-refractivity contribution in [1.82, 2.24) is 5.32 Å². The van der Waals surface area contributed by atoms with Crippen molar-refractivity contribution in [2.24, 2.45) is 0 Å². The second-order valence-electron chi connectivity index (χ2n) is 5.21.